The second-order valence-electron chi connectivity index (χ2n) is 2.63. The molecule has 0 aromatic heterocycles. The van der Waals surface area contributed by atoms with Crippen LogP contribution in [0.3, 0.4) is 0 Å². The van der Waals surface area contributed by atoms with Gasteiger partial charge in [0.15, 0.2) is 0 Å². The number of nitro groups is 1. The maximum Gasteiger partial charge on any atom is 0.271 e. The van der Waals surface area contributed by atoms with Crippen LogP contribution >= 0.6 is 11.6 Å². The van der Waals surface area contributed by atoms with E-state index in [-0.39, 0.29) is 23.7 Å². The SMILES string of the molecule is N#CCCOc1ccc([N+](=O)[O-])cc1Cl. The Morgan fingerprint density at radius 3 is 2.87 bits per heavy atom. The summed E-state index contributed by atoms with van der Waals surface area (Å²) < 4.78 is 5.13. The van der Waals surface area contributed by atoms with Crippen LogP contribution in [0, 0.1) is 21.4 Å². The number of non-ortho nitro benzene ring substituents is 1. The lowest BCUT2D eigenvalue weighted by molar-refractivity contribution is -0.384. The largest absolute Gasteiger partial charge is 0.491 e. The molecule has 0 N–H and O–H groups in total. The summed E-state index contributed by atoms with van der Waals surface area (Å²) >= 11 is 5.74. The Morgan fingerprint density at radius 2 is 2.33 bits per heavy atom. The standard InChI is InChI=1S/C9H7ClN2O3/c10-8-6-7(12(13)14)2-3-9(8)15-5-1-4-11/h2-3,6H,1,5H2. The van der Waals surface area contributed by atoms with Crippen molar-refractivity contribution in [1.29, 1.82) is 5.26 Å². The van der Waals surface area contributed by atoms with E-state index >= 15 is 0 Å². The molecule has 0 radical (unpaired) electrons. The molecule has 0 amide bonds. The van der Waals surface area contributed by atoms with E-state index in [2.05, 4.69) is 0 Å². The van der Waals surface area contributed by atoms with E-state index in [1.54, 1.807) is 0 Å². The molecule has 0 aliphatic carbocycles. The maximum atomic E-state index is 10.4. The van der Waals surface area contributed by atoms with Crippen molar-refractivity contribution in [3.63, 3.8) is 0 Å². The first-order chi connectivity index (χ1) is 7.15. The number of hydrogen-bond donors (Lipinski definition) is 0. The third-order valence-electron chi connectivity index (χ3n) is 1.60. The van der Waals surface area contributed by atoms with Crippen molar-refractivity contribution in [2.45, 2.75) is 6.42 Å². The van der Waals surface area contributed by atoms with E-state index in [1.165, 1.54) is 18.2 Å². The molecule has 1 aromatic rings. The summed E-state index contributed by atoms with van der Waals surface area (Å²) in [6, 6.07) is 5.84. The molecule has 78 valence electrons. The lowest BCUT2D eigenvalue weighted by Gasteiger charge is -2.04. The van der Waals surface area contributed by atoms with Crippen molar-refractivity contribution < 1.29 is 9.66 Å². The molecule has 1 rings (SSSR count). The second-order valence-corrected chi connectivity index (χ2v) is 3.04. The Hall–Kier alpha value is -1.80. The lowest BCUT2D eigenvalue weighted by Crippen LogP contribution is -1.97. The first-order valence-electron chi connectivity index (χ1n) is 4.09. The van der Waals surface area contributed by atoms with Crippen LogP contribution in [0.5, 0.6) is 5.75 Å². The molecule has 0 saturated carbocycles. The highest BCUT2D eigenvalue weighted by Crippen LogP contribution is 2.28. The van der Waals surface area contributed by atoms with E-state index in [9.17, 15) is 10.1 Å². The van der Waals surface area contributed by atoms with Gasteiger partial charge in [0.1, 0.15) is 12.4 Å². The van der Waals surface area contributed by atoms with Crippen LogP contribution in [-0.4, -0.2) is 11.5 Å². The molecule has 0 spiro atoms. The average molecular weight is 227 g/mol. The summed E-state index contributed by atoms with van der Waals surface area (Å²) in [5.74, 6) is 0.345. The third kappa shape index (κ3) is 3.11. The van der Waals surface area contributed by atoms with Gasteiger partial charge in [-0.3, -0.25) is 10.1 Å². The van der Waals surface area contributed by atoms with Crippen LogP contribution in [-0.2, 0) is 0 Å². The van der Waals surface area contributed by atoms with E-state index in [0.717, 1.165) is 0 Å². The minimum Gasteiger partial charge on any atom is -0.491 e. The fraction of sp³-hybridized carbons (Fsp3) is 0.222. The summed E-state index contributed by atoms with van der Waals surface area (Å²) in [6.45, 7) is 0.216. The monoisotopic (exact) mass is 226 g/mol. The van der Waals surface area contributed by atoms with E-state index < -0.39 is 4.92 Å². The van der Waals surface area contributed by atoms with Crippen LogP contribution in [0.15, 0.2) is 18.2 Å². The van der Waals surface area contributed by atoms with Gasteiger partial charge in [-0.1, -0.05) is 11.6 Å². The lowest BCUT2D eigenvalue weighted by atomic mass is 10.3. The molecule has 5 nitrogen and oxygen atoms in total. The Bertz CT molecular complexity index is 414. The van der Waals surface area contributed by atoms with Crippen LogP contribution in [0.4, 0.5) is 5.69 Å². The van der Waals surface area contributed by atoms with Gasteiger partial charge in [0, 0.05) is 12.1 Å². The highest BCUT2D eigenvalue weighted by Gasteiger charge is 2.09. The molecule has 0 aliphatic rings. The molecule has 0 atom stereocenters. The van der Waals surface area contributed by atoms with Crippen molar-refractivity contribution in [3.05, 3.63) is 33.3 Å². The second kappa shape index (κ2) is 5.17. The fourth-order valence-electron chi connectivity index (χ4n) is 0.927. The maximum absolute atomic E-state index is 10.4. The summed E-state index contributed by atoms with van der Waals surface area (Å²) in [5.41, 5.74) is -0.0902. The van der Waals surface area contributed by atoms with Gasteiger partial charge in [-0.05, 0) is 6.07 Å². The number of nitro benzene ring substituents is 1. The Kier molecular flexibility index (Phi) is 3.89. The first-order valence-corrected chi connectivity index (χ1v) is 4.46. The minimum absolute atomic E-state index is 0.0902. The topological polar surface area (TPSA) is 76.2 Å². The van der Waals surface area contributed by atoms with Gasteiger partial charge in [0.25, 0.3) is 5.69 Å². The van der Waals surface area contributed by atoms with Gasteiger partial charge in [-0.15, -0.1) is 0 Å². The van der Waals surface area contributed by atoms with E-state index in [0.29, 0.717) is 5.75 Å². The minimum atomic E-state index is -0.537. The fourth-order valence-corrected chi connectivity index (χ4v) is 1.16. The van der Waals surface area contributed by atoms with Crippen LogP contribution in [0.2, 0.25) is 5.02 Å². The van der Waals surface area contributed by atoms with Crippen LogP contribution < -0.4 is 4.74 Å². The first kappa shape index (κ1) is 11.3. The molecule has 0 heterocycles. The van der Waals surface area contributed by atoms with Gasteiger partial charge in [-0.2, -0.15) is 5.26 Å². The zero-order chi connectivity index (χ0) is 11.3. The number of hydrogen-bond acceptors (Lipinski definition) is 4. The number of nitrogens with zero attached hydrogens (tertiary/aromatic N) is 2. The highest BCUT2D eigenvalue weighted by molar-refractivity contribution is 6.32. The smallest absolute Gasteiger partial charge is 0.271 e. The molecule has 0 saturated heterocycles. The predicted octanol–water partition coefficient (Wildman–Crippen LogP) is 2.54. The molecular formula is C9H7ClN2O3. The van der Waals surface area contributed by atoms with Gasteiger partial charge in [-0.25, -0.2) is 0 Å². The van der Waals surface area contributed by atoms with Gasteiger partial charge < -0.3 is 4.74 Å². The van der Waals surface area contributed by atoms with Crippen LogP contribution in [0.25, 0.3) is 0 Å². The third-order valence-corrected chi connectivity index (χ3v) is 1.89. The molecule has 1 aromatic carbocycles. The average Bonchev–Trinajstić information content (AvgIpc) is 2.20. The molecule has 6 heteroatoms. The Balaban J connectivity index is 2.76. The molecule has 0 aliphatic heterocycles. The van der Waals surface area contributed by atoms with Crippen molar-refractivity contribution in [2.24, 2.45) is 0 Å². The zero-order valence-electron chi connectivity index (χ0n) is 7.64. The number of rotatable bonds is 4. The summed E-state index contributed by atoms with van der Waals surface area (Å²) in [5, 5.41) is 18.8. The molecule has 0 unspecified atom stereocenters. The van der Waals surface area contributed by atoms with Crippen LogP contribution in [0.1, 0.15) is 6.42 Å². The normalized spacial score (nSPS) is 9.33. The molecule has 0 fully saturated rings. The summed E-state index contributed by atoms with van der Waals surface area (Å²) in [4.78, 5) is 9.85. The quantitative estimate of drug-likeness (QED) is 0.449. The zero-order valence-corrected chi connectivity index (χ0v) is 8.40. The molecule has 15 heavy (non-hydrogen) atoms. The number of nitriles is 1. The predicted molar refractivity (Wildman–Crippen MR) is 53.8 cm³/mol. The van der Waals surface area contributed by atoms with E-state index in [1.807, 2.05) is 6.07 Å². The van der Waals surface area contributed by atoms with Crippen molar-refractivity contribution in [1.82, 2.24) is 0 Å². The molecule has 0 bridgehead atoms. The summed E-state index contributed by atoms with van der Waals surface area (Å²) in [7, 11) is 0. The Labute approximate surface area is 91.0 Å². The van der Waals surface area contributed by atoms with Gasteiger partial charge in [0.05, 0.1) is 22.4 Å². The van der Waals surface area contributed by atoms with Gasteiger partial charge >= 0.3 is 0 Å². The van der Waals surface area contributed by atoms with Crippen molar-refractivity contribution in [2.75, 3.05) is 6.61 Å². The number of ether oxygens (including phenoxy) is 1. The highest BCUT2D eigenvalue weighted by atomic mass is 35.5. The van der Waals surface area contributed by atoms with E-state index in [4.69, 9.17) is 21.6 Å². The van der Waals surface area contributed by atoms with Crippen molar-refractivity contribution in [3.8, 4) is 11.8 Å². The number of halogens is 1. The Morgan fingerprint density at radius 1 is 1.60 bits per heavy atom. The summed E-state index contributed by atoms with van der Waals surface area (Å²) in [6.07, 6.45) is 0.243. The number of benzene rings is 1. The van der Waals surface area contributed by atoms with Crippen molar-refractivity contribution >= 4 is 17.3 Å². The van der Waals surface area contributed by atoms with Gasteiger partial charge in [0.2, 0.25) is 0 Å². The molecular weight excluding hydrogens is 220 g/mol.